The number of hydrogen-bond donors (Lipinski definition) is 1. The van der Waals surface area contributed by atoms with E-state index in [-0.39, 0.29) is 12.1 Å². The van der Waals surface area contributed by atoms with Gasteiger partial charge < -0.3 is 10.6 Å². The van der Waals surface area contributed by atoms with Gasteiger partial charge >= 0.3 is 0 Å². The number of nitrogens with two attached hydrogens (primary N) is 1. The van der Waals surface area contributed by atoms with Crippen molar-refractivity contribution in [3.05, 3.63) is 0 Å². The van der Waals surface area contributed by atoms with Crippen LogP contribution in [0.2, 0.25) is 0 Å². The molecule has 3 unspecified atom stereocenters. The highest BCUT2D eigenvalue weighted by molar-refractivity contribution is 5.49. The van der Waals surface area contributed by atoms with Crippen LogP contribution in [0.15, 0.2) is 0 Å². The third kappa shape index (κ3) is 1.46. The Kier molecular flexibility index (Phi) is 2.73. The maximum atomic E-state index is 10.7. The van der Waals surface area contributed by atoms with Crippen LogP contribution in [0, 0.1) is 11.8 Å². The van der Waals surface area contributed by atoms with Crippen molar-refractivity contribution in [2.75, 3.05) is 6.54 Å². The first-order chi connectivity index (χ1) is 5.57. The molecule has 0 aromatic rings. The van der Waals surface area contributed by atoms with Crippen LogP contribution in [0.25, 0.3) is 0 Å². The van der Waals surface area contributed by atoms with Crippen molar-refractivity contribution in [3.8, 4) is 0 Å². The Morgan fingerprint density at radius 3 is 2.50 bits per heavy atom. The van der Waals surface area contributed by atoms with Gasteiger partial charge in [0.05, 0.1) is 0 Å². The lowest BCUT2D eigenvalue weighted by Crippen LogP contribution is -2.43. The molecule has 0 aliphatic carbocycles. The topological polar surface area (TPSA) is 46.3 Å². The molecule has 1 aliphatic heterocycles. The van der Waals surface area contributed by atoms with Gasteiger partial charge in [-0.25, -0.2) is 0 Å². The molecule has 0 radical (unpaired) electrons. The largest absolute Gasteiger partial charge is 0.340 e. The molecule has 0 saturated carbocycles. The SMILES string of the molecule is CC(C)C1C(N)C(C)CN1C=O. The fourth-order valence-corrected chi connectivity index (χ4v) is 2.07. The van der Waals surface area contributed by atoms with E-state index in [1.165, 1.54) is 0 Å². The molecule has 3 nitrogen and oxygen atoms in total. The molecule has 0 spiro atoms. The Morgan fingerprint density at radius 1 is 1.58 bits per heavy atom. The zero-order valence-corrected chi connectivity index (χ0v) is 8.03. The second kappa shape index (κ2) is 3.44. The molecule has 2 N–H and O–H groups in total. The third-order valence-corrected chi connectivity index (χ3v) is 2.75. The van der Waals surface area contributed by atoms with Gasteiger partial charge in [-0.3, -0.25) is 4.79 Å². The van der Waals surface area contributed by atoms with Crippen LogP contribution in [0.4, 0.5) is 0 Å². The van der Waals surface area contributed by atoms with E-state index in [0.29, 0.717) is 11.8 Å². The van der Waals surface area contributed by atoms with Crippen molar-refractivity contribution >= 4 is 6.41 Å². The minimum absolute atomic E-state index is 0.148. The monoisotopic (exact) mass is 170 g/mol. The Hall–Kier alpha value is -0.570. The summed E-state index contributed by atoms with van der Waals surface area (Å²) in [6.45, 7) is 7.13. The average Bonchev–Trinajstić information content (AvgIpc) is 2.28. The van der Waals surface area contributed by atoms with E-state index in [1.54, 1.807) is 0 Å². The van der Waals surface area contributed by atoms with Gasteiger partial charge in [0.1, 0.15) is 0 Å². The van der Waals surface area contributed by atoms with Crippen molar-refractivity contribution in [2.24, 2.45) is 17.6 Å². The maximum Gasteiger partial charge on any atom is 0.210 e. The summed E-state index contributed by atoms with van der Waals surface area (Å²) in [5.41, 5.74) is 5.99. The summed E-state index contributed by atoms with van der Waals surface area (Å²) >= 11 is 0. The molecule has 0 bridgehead atoms. The van der Waals surface area contributed by atoms with Crippen LogP contribution in [0.3, 0.4) is 0 Å². The van der Waals surface area contributed by atoms with Gasteiger partial charge in [0.2, 0.25) is 6.41 Å². The van der Waals surface area contributed by atoms with E-state index in [9.17, 15) is 4.79 Å². The Morgan fingerprint density at radius 2 is 2.17 bits per heavy atom. The Balaban J connectivity index is 2.73. The van der Waals surface area contributed by atoms with Gasteiger partial charge in [0.25, 0.3) is 0 Å². The first-order valence-electron chi connectivity index (χ1n) is 4.54. The van der Waals surface area contributed by atoms with E-state index >= 15 is 0 Å². The van der Waals surface area contributed by atoms with Crippen LogP contribution >= 0.6 is 0 Å². The molecular formula is C9H18N2O. The molecular weight excluding hydrogens is 152 g/mol. The molecule has 1 saturated heterocycles. The predicted octanol–water partition coefficient (Wildman–Crippen LogP) is 0.446. The Labute approximate surface area is 73.9 Å². The fraction of sp³-hybridized carbons (Fsp3) is 0.889. The van der Waals surface area contributed by atoms with E-state index in [4.69, 9.17) is 5.73 Å². The molecule has 12 heavy (non-hydrogen) atoms. The number of rotatable bonds is 2. The maximum absolute atomic E-state index is 10.7. The summed E-state index contributed by atoms with van der Waals surface area (Å²) in [6, 6.07) is 0.382. The average molecular weight is 170 g/mol. The number of hydrogen-bond acceptors (Lipinski definition) is 2. The van der Waals surface area contributed by atoms with Crippen LogP contribution in [0.5, 0.6) is 0 Å². The highest BCUT2D eigenvalue weighted by Crippen LogP contribution is 2.25. The summed E-state index contributed by atoms with van der Waals surface area (Å²) in [6.07, 6.45) is 0.925. The molecule has 0 aromatic heterocycles. The molecule has 1 heterocycles. The zero-order chi connectivity index (χ0) is 9.30. The summed E-state index contributed by atoms with van der Waals surface area (Å²) < 4.78 is 0. The second-order valence-corrected chi connectivity index (χ2v) is 4.09. The van der Waals surface area contributed by atoms with Gasteiger partial charge in [0, 0.05) is 18.6 Å². The second-order valence-electron chi connectivity index (χ2n) is 4.09. The minimum atomic E-state index is 0.148. The minimum Gasteiger partial charge on any atom is -0.340 e. The summed E-state index contributed by atoms with van der Waals surface area (Å²) in [5.74, 6) is 0.887. The van der Waals surface area contributed by atoms with Gasteiger partial charge in [-0.15, -0.1) is 0 Å². The highest BCUT2D eigenvalue weighted by Gasteiger charge is 2.37. The van der Waals surface area contributed by atoms with E-state index in [0.717, 1.165) is 13.0 Å². The smallest absolute Gasteiger partial charge is 0.210 e. The lowest BCUT2D eigenvalue weighted by atomic mass is 9.94. The summed E-state index contributed by atoms with van der Waals surface area (Å²) in [7, 11) is 0. The van der Waals surface area contributed by atoms with Gasteiger partial charge in [0.15, 0.2) is 0 Å². The first-order valence-corrected chi connectivity index (χ1v) is 4.54. The van der Waals surface area contributed by atoms with E-state index in [2.05, 4.69) is 20.8 Å². The lowest BCUT2D eigenvalue weighted by molar-refractivity contribution is -0.119. The fourth-order valence-electron chi connectivity index (χ4n) is 2.07. The highest BCUT2D eigenvalue weighted by atomic mass is 16.1. The zero-order valence-electron chi connectivity index (χ0n) is 8.03. The summed E-state index contributed by atoms with van der Waals surface area (Å²) in [4.78, 5) is 12.5. The quantitative estimate of drug-likeness (QED) is 0.611. The molecule has 1 fully saturated rings. The van der Waals surface area contributed by atoms with Crippen LogP contribution in [-0.2, 0) is 4.79 Å². The normalized spacial score (nSPS) is 36.1. The molecule has 0 aromatic carbocycles. The van der Waals surface area contributed by atoms with Crippen molar-refractivity contribution in [1.82, 2.24) is 4.90 Å². The van der Waals surface area contributed by atoms with Crippen molar-refractivity contribution in [3.63, 3.8) is 0 Å². The number of amides is 1. The standard InChI is InChI=1S/C9H18N2O/c1-6(2)9-8(10)7(3)4-11(9)5-12/h5-9H,4,10H2,1-3H3. The Bertz CT molecular complexity index is 170. The summed E-state index contributed by atoms with van der Waals surface area (Å²) in [5, 5.41) is 0. The molecule has 3 atom stereocenters. The van der Waals surface area contributed by atoms with Gasteiger partial charge in [-0.05, 0) is 11.8 Å². The molecule has 1 amide bonds. The van der Waals surface area contributed by atoms with Crippen molar-refractivity contribution in [2.45, 2.75) is 32.9 Å². The van der Waals surface area contributed by atoms with Crippen LogP contribution in [-0.4, -0.2) is 29.9 Å². The molecule has 1 rings (SSSR count). The number of carbonyl (C=O) groups is 1. The van der Waals surface area contributed by atoms with Crippen molar-refractivity contribution in [1.29, 1.82) is 0 Å². The first kappa shape index (κ1) is 9.52. The number of nitrogens with zero attached hydrogens (tertiary/aromatic N) is 1. The van der Waals surface area contributed by atoms with E-state index < -0.39 is 0 Å². The molecule has 1 aliphatic rings. The lowest BCUT2D eigenvalue weighted by Gasteiger charge is -2.26. The van der Waals surface area contributed by atoms with E-state index in [1.807, 2.05) is 4.90 Å². The van der Waals surface area contributed by atoms with Crippen LogP contribution in [0.1, 0.15) is 20.8 Å². The third-order valence-electron chi connectivity index (χ3n) is 2.75. The van der Waals surface area contributed by atoms with Crippen LogP contribution < -0.4 is 5.73 Å². The van der Waals surface area contributed by atoms with Gasteiger partial charge in [-0.2, -0.15) is 0 Å². The number of carbonyl (C=O) groups excluding carboxylic acids is 1. The van der Waals surface area contributed by atoms with Crippen molar-refractivity contribution < 1.29 is 4.79 Å². The molecule has 70 valence electrons. The van der Waals surface area contributed by atoms with Gasteiger partial charge in [-0.1, -0.05) is 20.8 Å². The predicted molar refractivity (Wildman–Crippen MR) is 48.5 cm³/mol. The number of likely N-dealkylation sites (tertiary alicyclic amines) is 1. The molecule has 3 heteroatoms.